The van der Waals surface area contributed by atoms with Crippen LogP contribution < -0.4 is 19.9 Å². The first-order valence-corrected chi connectivity index (χ1v) is 5.58. The molecule has 0 fully saturated rings. The Balaban J connectivity index is 2.36. The molecule has 0 aliphatic carbocycles. The second kappa shape index (κ2) is 4.81. The van der Waals surface area contributed by atoms with Crippen molar-refractivity contribution in [2.75, 3.05) is 13.9 Å². The molecule has 1 aromatic rings. The number of nitrogens with two attached hydrogens (primary N) is 1. The second-order valence-electron chi connectivity index (χ2n) is 3.97. The molecule has 1 aliphatic heterocycles. The molecule has 2 atom stereocenters. The van der Waals surface area contributed by atoms with E-state index in [1.807, 2.05) is 6.92 Å². The van der Waals surface area contributed by atoms with E-state index in [1.165, 1.54) is 0 Å². The van der Waals surface area contributed by atoms with E-state index >= 15 is 0 Å². The first-order valence-electron chi connectivity index (χ1n) is 5.58. The van der Waals surface area contributed by atoms with Crippen LogP contribution in [0.15, 0.2) is 12.1 Å². The van der Waals surface area contributed by atoms with E-state index in [0.29, 0.717) is 29.2 Å². The van der Waals surface area contributed by atoms with Crippen LogP contribution in [0.3, 0.4) is 0 Å². The molecule has 1 heterocycles. The molecular weight excluding hydrogens is 222 g/mol. The largest absolute Gasteiger partial charge is 0.493 e. The predicted octanol–water partition coefficient (Wildman–Crippen LogP) is 1.19. The highest BCUT2D eigenvalue weighted by atomic mass is 16.7. The highest BCUT2D eigenvalue weighted by molar-refractivity contribution is 5.55. The lowest BCUT2D eigenvalue weighted by Crippen LogP contribution is -2.27. The summed E-state index contributed by atoms with van der Waals surface area (Å²) < 4.78 is 15.8. The van der Waals surface area contributed by atoms with Crippen LogP contribution >= 0.6 is 0 Å². The fourth-order valence-corrected chi connectivity index (χ4v) is 1.79. The molecule has 3 N–H and O–H groups in total. The van der Waals surface area contributed by atoms with Crippen molar-refractivity contribution in [3.63, 3.8) is 0 Å². The summed E-state index contributed by atoms with van der Waals surface area (Å²) in [5, 5.41) is 10.1. The molecule has 0 spiro atoms. The molecular formula is C12H17NO4. The average Bonchev–Trinajstić information content (AvgIpc) is 2.83. The molecule has 2 rings (SSSR count). The number of benzene rings is 1. The molecule has 1 aromatic carbocycles. The van der Waals surface area contributed by atoms with Gasteiger partial charge < -0.3 is 25.1 Å². The van der Waals surface area contributed by atoms with Gasteiger partial charge in [-0.25, -0.2) is 0 Å². The molecule has 0 saturated carbocycles. The number of hydrogen-bond acceptors (Lipinski definition) is 5. The molecule has 1 aliphatic rings. The van der Waals surface area contributed by atoms with Crippen molar-refractivity contribution in [2.45, 2.75) is 25.5 Å². The highest BCUT2D eigenvalue weighted by Crippen LogP contribution is 2.43. The first-order chi connectivity index (χ1) is 8.17. The predicted molar refractivity (Wildman–Crippen MR) is 62.3 cm³/mol. The minimum Gasteiger partial charge on any atom is -0.493 e. The molecule has 94 valence electrons. The van der Waals surface area contributed by atoms with Crippen LogP contribution in [0.1, 0.15) is 25.0 Å². The maximum Gasteiger partial charge on any atom is 0.231 e. The lowest BCUT2D eigenvalue weighted by Gasteiger charge is -2.18. The van der Waals surface area contributed by atoms with E-state index in [4.69, 9.17) is 19.9 Å². The van der Waals surface area contributed by atoms with Gasteiger partial charge in [-0.3, -0.25) is 0 Å². The fourth-order valence-electron chi connectivity index (χ4n) is 1.79. The van der Waals surface area contributed by atoms with Gasteiger partial charge in [-0.2, -0.15) is 0 Å². The maximum atomic E-state index is 10.1. The third kappa shape index (κ3) is 2.16. The Morgan fingerprint density at radius 3 is 2.88 bits per heavy atom. The molecule has 0 amide bonds. The monoisotopic (exact) mass is 239 g/mol. The van der Waals surface area contributed by atoms with Gasteiger partial charge in [0.2, 0.25) is 12.5 Å². The van der Waals surface area contributed by atoms with E-state index in [1.54, 1.807) is 19.2 Å². The van der Waals surface area contributed by atoms with Crippen LogP contribution in [0.25, 0.3) is 0 Å². The molecule has 2 unspecified atom stereocenters. The topological polar surface area (TPSA) is 73.9 Å². The molecule has 5 heteroatoms. The maximum absolute atomic E-state index is 10.1. The van der Waals surface area contributed by atoms with Crippen molar-refractivity contribution in [3.8, 4) is 17.2 Å². The number of hydrogen-bond donors (Lipinski definition) is 2. The van der Waals surface area contributed by atoms with Crippen molar-refractivity contribution < 1.29 is 19.3 Å². The van der Waals surface area contributed by atoms with Crippen LogP contribution in [-0.2, 0) is 0 Å². The smallest absolute Gasteiger partial charge is 0.231 e. The summed E-state index contributed by atoms with van der Waals surface area (Å²) in [5.41, 5.74) is 6.50. The number of methoxy groups -OCH3 is 1. The van der Waals surface area contributed by atoms with Crippen LogP contribution in [0.2, 0.25) is 0 Å². The Morgan fingerprint density at radius 2 is 2.24 bits per heavy atom. The van der Waals surface area contributed by atoms with Gasteiger partial charge in [0.05, 0.1) is 13.2 Å². The zero-order valence-electron chi connectivity index (χ0n) is 9.97. The number of aliphatic hydroxyl groups excluding tert-OH is 1. The van der Waals surface area contributed by atoms with Crippen molar-refractivity contribution in [1.29, 1.82) is 0 Å². The normalized spacial score (nSPS) is 16.7. The van der Waals surface area contributed by atoms with Gasteiger partial charge in [0, 0.05) is 6.04 Å². The van der Waals surface area contributed by atoms with E-state index in [2.05, 4.69) is 0 Å². The van der Waals surface area contributed by atoms with Crippen LogP contribution in [0.5, 0.6) is 17.2 Å². The lowest BCUT2D eigenvalue weighted by atomic mass is 10.0. The molecule has 0 radical (unpaired) electrons. The zero-order chi connectivity index (χ0) is 12.4. The van der Waals surface area contributed by atoms with E-state index < -0.39 is 6.10 Å². The molecule has 5 nitrogen and oxygen atoms in total. The summed E-state index contributed by atoms with van der Waals surface area (Å²) in [4.78, 5) is 0. The Bertz CT molecular complexity index is 408. The SMILES string of the molecule is CCC(N)C(O)c1cc(OC)c2c(c1)OCO2. The van der Waals surface area contributed by atoms with Gasteiger partial charge in [0.25, 0.3) is 0 Å². The van der Waals surface area contributed by atoms with Gasteiger partial charge in [-0.1, -0.05) is 6.92 Å². The van der Waals surface area contributed by atoms with Gasteiger partial charge in [0.15, 0.2) is 11.5 Å². The van der Waals surface area contributed by atoms with Gasteiger partial charge in [0.1, 0.15) is 0 Å². The summed E-state index contributed by atoms with van der Waals surface area (Å²) in [7, 11) is 1.55. The van der Waals surface area contributed by atoms with Crippen molar-refractivity contribution in [2.24, 2.45) is 5.73 Å². The Labute approximate surface area is 100 Å². The molecule has 17 heavy (non-hydrogen) atoms. The van der Waals surface area contributed by atoms with E-state index in [9.17, 15) is 5.11 Å². The van der Waals surface area contributed by atoms with Crippen molar-refractivity contribution >= 4 is 0 Å². The van der Waals surface area contributed by atoms with E-state index in [0.717, 1.165) is 0 Å². The van der Waals surface area contributed by atoms with Gasteiger partial charge in [-0.15, -0.1) is 0 Å². The third-order valence-electron chi connectivity index (χ3n) is 2.90. The minimum atomic E-state index is -0.733. The Morgan fingerprint density at radius 1 is 1.47 bits per heavy atom. The van der Waals surface area contributed by atoms with E-state index in [-0.39, 0.29) is 12.8 Å². The number of fused-ring (bicyclic) bond motifs is 1. The fraction of sp³-hybridized carbons (Fsp3) is 0.500. The standard InChI is InChI=1S/C12H17NO4/c1-3-8(13)11(14)7-4-9(15-2)12-10(5-7)16-6-17-12/h4-5,8,11,14H,3,6,13H2,1-2H3. The number of rotatable bonds is 4. The molecule has 0 aromatic heterocycles. The summed E-state index contributed by atoms with van der Waals surface area (Å²) in [6, 6.07) is 3.17. The van der Waals surface area contributed by atoms with Gasteiger partial charge >= 0.3 is 0 Å². The Hall–Kier alpha value is -1.46. The Kier molecular flexibility index (Phi) is 3.40. The second-order valence-corrected chi connectivity index (χ2v) is 3.97. The van der Waals surface area contributed by atoms with Gasteiger partial charge in [-0.05, 0) is 24.1 Å². The lowest BCUT2D eigenvalue weighted by molar-refractivity contribution is 0.143. The zero-order valence-corrected chi connectivity index (χ0v) is 9.97. The molecule has 0 bridgehead atoms. The summed E-state index contributed by atoms with van der Waals surface area (Å²) in [6.07, 6.45) is -0.0406. The first kappa shape index (κ1) is 12.0. The third-order valence-corrected chi connectivity index (χ3v) is 2.90. The summed E-state index contributed by atoms with van der Waals surface area (Å²) in [6.45, 7) is 2.10. The molecule has 0 saturated heterocycles. The minimum absolute atomic E-state index is 0.172. The van der Waals surface area contributed by atoms with Crippen molar-refractivity contribution in [3.05, 3.63) is 17.7 Å². The van der Waals surface area contributed by atoms with Crippen LogP contribution in [-0.4, -0.2) is 25.1 Å². The van der Waals surface area contributed by atoms with Crippen molar-refractivity contribution in [1.82, 2.24) is 0 Å². The van der Waals surface area contributed by atoms with Crippen LogP contribution in [0, 0.1) is 0 Å². The number of aliphatic hydroxyl groups is 1. The summed E-state index contributed by atoms with van der Waals surface area (Å²) in [5.74, 6) is 1.72. The van der Waals surface area contributed by atoms with Crippen LogP contribution in [0.4, 0.5) is 0 Å². The highest BCUT2D eigenvalue weighted by Gasteiger charge is 2.24. The quantitative estimate of drug-likeness (QED) is 0.825. The summed E-state index contributed by atoms with van der Waals surface area (Å²) >= 11 is 0. The number of ether oxygens (including phenoxy) is 3. The average molecular weight is 239 g/mol.